The van der Waals surface area contributed by atoms with Crippen molar-refractivity contribution in [1.82, 2.24) is 9.97 Å². The molecule has 1 N–H and O–H groups in total. The van der Waals surface area contributed by atoms with Crippen LogP contribution in [0.5, 0.6) is 0 Å². The van der Waals surface area contributed by atoms with Crippen molar-refractivity contribution in [2.45, 2.75) is 25.7 Å². The molecule has 4 heteroatoms. The highest BCUT2D eigenvalue weighted by Crippen LogP contribution is 2.38. The summed E-state index contributed by atoms with van der Waals surface area (Å²) in [7, 11) is 0. The molecule has 0 aliphatic heterocycles. The minimum atomic E-state index is 0.499. The van der Waals surface area contributed by atoms with Gasteiger partial charge in [0.15, 0.2) is 0 Å². The molecule has 2 rings (SSSR count). The summed E-state index contributed by atoms with van der Waals surface area (Å²) >= 11 is 5.91. The molecule has 0 unspecified atom stereocenters. The third-order valence-electron chi connectivity index (χ3n) is 2.19. The Morgan fingerprint density at radius 2 is 2.33 bits per heavy atom. The highest BCUT2D eigenvalue weighted by Gasteiger charge is 2.27. The lowest BCUT2D eigenvalue weighted by Gasteiger charge is -2.04. The van der Waals surface area contributed by atoms with Crippen LogP contribution in [-0.4, -0.2) is 16.5 Å². The van der Waals surface area contributed by atoms with E-state index in [1.54, 1.807) is 6.07 Å². The molecule has 15 heavy (non-hydrogen) atoms. The second kappa shape index (κ2) is 4.50. The fourth-order valence-electron chi connectivity index (χ4n) is 1.27. The van der Waals surface area contributed by atoms with Gasteiger partial charge in [0, 0.05) is 12.0 Å². The molecule has 0 bridgehead atoms. The van der Waals surface area contributed by atoms with Gasteiger partial charge in [-0.3, -0.25) is 0 Å². The molecule has 1 aromatic rings. The largest absolute Gasteiger partial charge is 0.359 e. The summed E-state index contributed by atoms with van der Waals surface area (Å²) in [5.41, 5.74) is 0. The Kier molecular flexibility index (Phi) is 3.08. The van der Waals surface area contributed by atoms with Gasteiger partial charge in [-0.15, -0.1) is 5.92 Å². The lowest BCUT2D eigenvalue weighted by atomic mass is 10.4. The predicted octanol–water partition coefficient (Wildman–Crippen LogP) is 2.44. The summed E-state index contributed by atoms with van der Waals surface area (Å²) in [5, 5.41) is 3.60. The SMILES string of the molecule is CC#CCNc1cc(Cl)nc(C2CC2)n1. The van der Waals surface area contributed by atoms with E-state index < -0.39 is 0 Å². The summed E-state index contributed by atoms with van der Waals surface area (Å²) in [6, 6.07) is 1.73. The van der Waals surface area contributed by atoms with Gasteiger partial charge >= 0.3 is 0 Å². The second-order valence-corrected chi connectivity index (χ2v) is 3.88. The number of hydrogen-bond acceptors (Lipinski definition) is 3. The van der Waals surface area contributed by atoms with Crippen LogP contribution < -0.4 is 5.32 Å². The zero-order valence-electron chi connectivity index (χ0n) is 8.55. The molecule has 1 aromatic heterocycles. The molecular formula is C11H12ClN3. The van der Waals surface area contributed by atoms with Crippen molar-refractivity contribution in [3.63, 3.8) is 0 Å². The topological polar surface area (TPSA) is 37.8 Å². The number of nitrogens with one attached hydrogen (secondary N) is 1. The summed E-state index contributed by atoms with van der Waals surface area (Å²) in [4.78, 5) is 8.60. The average molecular weight is 222 g/mol. The number of halogens is 1. The second-order valence-electron chi connectivity index (χ2n) is 3.49. The standard InChI is InChI=1S/C11H12ClN3/c1-2-3-6-13-10-7-9(12)14-11(15-10)8-4-5-8/h7-8H,4-6H2,1H3,(H,13,14,15). The van der Waals surface area contributed by atoms with Crippen LogP contribution in [0.1, 0.15) is 31.5 Å². The van der Waals surface area contributed by atoms with Gasteiger partial charge in [-0.25, -0.2) is 9.97 Å². The molecule has 1 saturated carbocycles. The number of nitrogens with zero attached hydrogens (tertiary/aromatic N) is 2. The number of aromatic nitrogens is 2. The highest BCUT2D eigenvalue weighted by molar-refractivity contribution is 6.29. The first kappa shape index (κ1) is 10.3. The molecule has 0 radical (unpaired) electrons. The normalized spacial score (nSPS) is 14.3. The summed E-state index contributed by atoms with van der Waals surface area (Å²) in [6.07, 6.45) is 2.35. The highest BCUT2D eigenvalue weighted by atomic mass is 35.5. The van der Waals surface area contributed by atoms with Crippen LogP contribution in [0, 0.1) is 11.8 Å². The number of rotatable bonds is 3. The van der Waals surface area contributed by atoms with Crippen LogP contribution in [0.3, 0.4) is 0 Å². The van der Waals surface area contributed by atoms with Crippen molar-refractivity contribution in [1.29, 1.82) is 0 Å². The molecule has 0 atom stereocenters. The van der Waals surface area contributed by atoms with Gasteiger partial charge in [-0.05, 0) is 19.8 Å². The Balaban J connectivity index is 2.11. The van der Waals surface area contributed by atoms with Crippen LogP contribution in [0.4, 0.5) is 5.82 Å². The number of anilines is 1. The quantitative estimate of drug-likeness (QED) is 0.629. The van der Waals surface area contributed by atoms with Crippen molar-refractivity contribution >= 4 is 17.4 Å². The molecule has 1 fully saturated rings. The molecule has 1 heterocycles. The van der Waals surface area contributed by atoms with Gasteiger partial charge in [0.2, 0.25) is 0 Å². The fourth-order valence-corrected chi connectivity index (χ4v) is 1.46. The number of hydrogen-bond donors (Lipinski definition) is 1. The van der Waals surface area contributed by atoms with Gasteiger partial charge in [-0.1, -0.05) is 17.5 Å². The van der Waals surface area contributed by atoms with Crippen LogP contribution in [0.15, 0.2) is 6.07 Å². The van der Waals surface area contributed by atoms with Crippen molar-refractivity contribution in [2.75, 3.05) is 11.9 Å². The van der Waals surface area contributed by atoms with E-state index in [2.05, 4.69) is 27.1 Å². The van der Waals surface area contributed by atoms with E-state index in [0.29, 0.717) is 17.6 Å². The van der Waals surface area contributed by atoms with E-state index in [-0.39, 0.29) is 0 Å². The molecule has 78 valence electrons. The lowest BCUT2D eigenvalue weighted by Crippen LogP contribution is -2.04. The van der Waals surface area contributed by atoms with Crippen LogP contribution in [0.25, 0.3) is 0 Å². The van der Waals surface area contributed by atoms with Crippen molar-refractivity contribution < 1.29 is 0 Å². The summed E-state index contributed by atoms with van der Waals surface area (Å²) < 4.78 is 0. The van der Waals surface area contributed by atoms with Gasteiger partial charge < -0.3 is 5.32 Å². The molecule has 0 spiro atoms. The molecule has 1 aliphatic carbocycles. The molecule has 0 aromatic carbocycles. The molecule has 3 nitrogen and oxygen atoms in total. The predicted molar refractivity (Wildman–Crippen MR) is 61.0 cm³/mol. The molecular weight excluding hydrogens is 210 g/mol. The first-order valence-corrected chi connectivity index (χ1v) is 5.35. The maximum atomic E-state index is 5.91. The Morgan fingerprint density at radius 3 is 3.00 bits per heavy atom. The third kappa shape index (κ3) is 2.84. The Hall–Kier alpha value is -1.27. The van der Waals surface area contributed by atoms with Gasteiger partial charge in [0.25, 0.3) is 0 Å². The summed E-state index contributed by atoms with van der Waals surface area (Å²) in [6.45, 7) is 2.40. The molecule has 1 aliphatic rings. The van der Waals surface area contributed by atoms with E-state index in [4.69, 9.17) is 11.6 Å². The lowest BCUT2D eigenvalue weighted by molar-refractivity contribution is 0.927. The monoisotopic (exact) mass is 221 g/mol. The Morgan fingerprint density at radius 1 is 1.53 bits per heavy atom. The maximum absolute atomic E-state index is 5.91. The Bertz CT molecular complexity index is 416. The zero-order valence-corrected chi connectivity index (χ0v) is 9.30. The smallest absolute Gasteiger partial charge is 0.135 e. The zero-order chi connectivity index (χ0) is 10.7. The van der Waals surface area contributed by atoms with E-state index in [1.807, 2.05) is 6.92 Å². The minimum Gasteiger partial charge on any atom is -0.359 e. The maximum Gasteiger partial charge on any atom is 0.135 e. The molecule has 0 amide bonds. The van der Waals surface area contributed by atoms with Crippen LogP contribution in [0.2, 0.25) is 5.15 Å². The average Bonchev–Trinajstić information content (AvgIpc) is 3.00. The fraction of sp³-hybridized carbons (Fsp3) is 0.455. The minimum absolute atomic E-state index is 0.499. The van der Waals surface area contributed by atoms with Gasteiger partial charge in [0.1, 0.15) is 16.8 Å². The first-order valence-electron chi connectivity index (χ1n) is 4.97. The van der Waals surface area contributed by atoms with Gasteiger partial charge in [0.05, 0.1) is 6.54 Å². The molecule has 0 saturated heterocycles. The van der Waals surface area contributed by atoms with E-state index in [1.165, 1.54) is 12.8 Å². The first-order chi connectivity index (χ1) is 7.29. The van der Waals surface area contributed by atoms with E-state index in [0.717, 1.165) is 11.6 Å². The Labute approximate surface area is 94.3 Å². The van der Waals surface area contributed by atoms with Crippen LogP contribution >= 0.6 is 11.6 Å². The van der Waals surface area contributed by atoms with Crippen molar-refractivity contribution in [3.8, 4) is 11.8 Å². The van der Waals surface area contributed by atoms with Crippen LogP contribution in [-0.2, 0) is 0 Å². The van der Waals surface area contributed by atoms with Crippen molar-refractivity contribution in [2.24, 2.45) is 0 Å². The van der Waals surface area contributed by atoms with Gasteiger partial charge in [-0.2, -0.15) is 0 Å². The van der Waals surface area contributed by atoms with E-state index in [9.17, 15) is 0 Å². The summed E-state index contributed by atoms with van der Waals surface area (Å²) in [5.74, 6) is 7.86. The van der Waals surface area contributed by atoms with E-state index >= 15 is 0 Å². The third-order valence-corrected chi connectivity index (χ3v) is 2.38. The van der Waals surface area contributed by atoms with Crippen molar-refractivity contribution in [3.05, 3.63) is 17.0 Å².